The van der Waals surface area contributed by atoms with Crippen LogP contribution in [0.3, 0.4) is 0 Å². The summed E-state index contributed by atoms with van der Waals surface area (Å²) in [6.07, 6.45) is 3.47. The minimum atomic E-state index is -0.478. The lowest BCUT2D eigenvalue weighted by Gasteiger charge is -2.43. The zero-order valence-electron chi connectivity index (χ0n) is 20.6. The number of esters is 2. The number of hydrogen-bond acceptors (Lipinski definition) is 5. The average Bonchev–Trinajstić information content (AvgIpc) is 2.83. The highest BCUT2D eigenvalue weighted by molar-refractivity contribution is 5.97. The van der Waals surface area contributed by atoms with Crippen molar-refractivity contribution in [3.05, 3.63) is 82.4 Å². The van der Waals surface area contributed by atoms with Gasteiger partial charge in [0.1, 0.15) is 6.61 Å². The topological polar surface area (TPSA) is 81.7 Å². The number of rotatable bonds is 7. The Bertz CT molecular complexity index is 1110. The first-order chi connectivity index (χ1) is 16.0. The molecule has 1 amide bonds. The summed E-state index contributed by atoms with van der Waals surface area (Å²) in [5.41, 5.74) is 3.93. The SMILES string of the molecule is C=CCOC(=O)c1ccc(C(=O)NCc2ccc3c(c2C(=O)OC)C(C)(C)CCC3(C)C)cc1. The number of fused-ring (bicyclic) bond motifs is 1. The molecule has 0 spiro atoms. The molecule has 0 bridgehead atoms. The Kier molecular flexibility index (Phi) is 7.29. The van der Waals surface area contributed by atoms with Crippen LogP contribution in [0.25, 0.3) is 0 Å². The van der Waals surface area contributed by atoms with Crippen molar-refractivity contribution in [3.63, 3.8) is 0 Å². The van der Waals surface area contributed by atoms with E-state index < -0.39 is 11.9 Å². The number of carbonyl (C=O) groups excluding carboxylic acids is 3. The molecule has 0 unspecified atom stereocenters. The maximum absolute atomic E-state index is 12.9. The number of nitrogens with one attached hydrogen (secondary N) is 1. The number of ether oxygens (including phenoxy) is 2. The number of methoxy groups -OCH3 is 1. The van der Waals surface area contributed by atoms with E-state index in [2.05, 4.69) is 45.7 Å². The smallest absolute Gasteiger partial charge is 0.338 e. The van der Waals surface area contributed by atoms with E-state index in [1.165, 1.54) is 13.2 Å². The Morgan fingerprint density at radius 2 is 1.56 bits per heavy atom. The second kappa shape index (κ2) is 9.84. The Labute approximate surface area is 201 Å². The van der Waals surface area contributed by atoms with Gasteiger partial charge in [-0.25, -0.2) is 9.59 Å². The fraction of sp³-hybridized carbons (Fsp3) is 0.393. The third kappa shape index (κ3) is 5.06. The highest BCUT2D eigenvalue weighted by Crippen LogP contribution is 2.47. The number of hydrogen-bond donors (Lipinski definition) is 1. The third-order valence-corrected chi connectivity index (χ3v) is 6.62. The molecule has 6 heteroatoms. The molecule has 0 saturated carbocycles. The molecule has 2 aromatic rings. The van der Waals surface area contributed by atoms with Crippen molar-refractivity contribution >= 4 is 17.8 Å². The van der Waals surface area contributed by atoms with Crippen molar-refractivity contribution < 1.29 is 23.9 Å². The number of benzene rings is 2. The van der Waals surface area contributed by atoms with Gasteiger partial charge < -0.3 is 14.8 Å². The molecule has 6 nitrogen and oxygen atoms in total. The van der Waals surface area contributed by atoms with E-state index in [1.54, 1.807) is 24.3 Å². The normalized spacial score (nSPS) is 15.6. The summed E-state index contributed by atoms with van der Waals surface area (Å²) in [5, 5.41) is 2.90. The van der Waals surface area contributed by atoms with E-state index in [1.807, 2.05) is 6.07 Å². The van der Waals surface area contributed by atoms with Crippen LogP contribution in [0, 0.1) is 0 Å². The molecule has 180 valence electrons. The molecule has 0 fully saturated rings. The van der Waals surface area contributed by atoms with E-state index in [-0.39, 0.29) is 29.9 Å². The summed E-state index contributed by atoms with van der Waals surface area (Å²) in [5.74, 6) is -1.18. The minimum absolute atomic E-state index is 0.0516. The predicted octanol–water partition coefficient (Wildman–Crippen LogP) is 5.10. The molecule has 1 N–H and O–H groups in total. The van der Waals surface area contributed by atoms with Gasteiger partial charge in [-0.1, -0.05) is 52.5 Å². The van der Waals surface area contributed by atoms with Crippen LogP contribution in [-0.4, -0.2) is 31.6 Å². The van der Waals surface area contributed by atoms with Crippen LogP contribution < -0.4 is 5.32 Å². The van der Waals surface area contributed by atoms with Gasteiger partial charge in [-0.3, -0.25) is 4.79 Å². The van der Waals surface area contributed by atoms with Gasteiger partial charge in [-0.15, -0.1) is 0 Å². The van der Waals surface area contributed by atoms with E-state index in [9.17, 15) is 14.4 Å². The van der Waals surface area contributed by atoms with Gasteiger partial charge in [-0.2, -0.15) is 0 Å². The molecule has 34 heavy (non-hydrogen) atoms. The second-order valence-electron chi connectivity index (χ2n) is 9.93. The van der Waals surface area contributed by atoms with Gasteiger partial charge in [-0.05, 0) is 64.6 Å². The van der Waals surface area contributed by atoms with Gasteiger partial charge >= 0.3 is 11.9 Å². The maximum Gasteiger partial charge on any atom is 0.338 e. The molecule has 0 atom stereocenters. The molecular weight excluding hydrogens is 430 g/mol. The first kappa shape index (κ1) is 25.2. The summed E-state index contributed by atoms with van der Waals surface area (Å²) in [4.78, 5) is 37.6. The molecule has 0 aromatic heterocycles. The summed E-state index contributed by atoms with van der Waals surface area (Å²) in [6.45, 7) is 12.5. The van der Waals surface area contributed by atoms with Crippen LogP contribution in [0.4, 0.5) is 0 Å². The van der Waals surface area contributed by atoms with Crippen LogP contribution in [0.2, 0.25) is 0 Å². The predicted molar refractivity (Wildman–Crippen MR) is 131 cm³/mol. The van der Waals surface area contributed by atoms with Crippen LogP contribution >= 0.6 is 0 Å². The van der Waals surface area contributed by atoms with Crippen molar-refractivity contribution in [3.8, 4) is 0 Å². The minimum Gasteiger partial charge on any atom is -0.465 e. The van der Waals surface area contributed by atoms with Crippen LogP contribution in [-0.2, 0) is 26.8 Å². The summed E-state index contributed by atoms with van der Waals surface area (Å²) >= 11 is 0. The van der Waals surface area contributed by atoms with E-state index in [4.69, 9.17) is 9.47 Å². The molecular formula is C28H33NO5. The van der Waals surface area contributed by atoms with Crippen LogP contribution in [0.5, 0.6) is 0 Å². The van der Waals surface area contributed by atoms with Gasteiger partial charge in [0.25, 0.3) is 5.91 Å². The van der Waals surface area contributed by atoms with Crippen LogP contribution in [0.15, 0.2) is 49.1 Å². The Balaban J connectivity index is 1.86. The van der Waals surface area contributed by atoms with Crippen molar-refractivity contribution in [1.29, 1.82) is 0 Å². The molecule has 0 heterocycles. The Morgan fingerprint density at radius 3 is 2.18 bits per heavy atom. The Hall–Kier alpha value is -3.41. The summed E-state index contributed by atoms with van der Waals surface area (Å²) in [7, 11) is 1.38. The van der Waals surface area contributed by atoms with E-state index >= 15 is 0 Å². The molecule has 1 aliphatic rings. The zero-order valence-corrected chi connectivity index (χ0v) is 20.6. The third-order valence-electron chi connectivity index (χ3n) is 6.62. The maximum atomic E-state index is 12.9. The summed E-state index contributed by atoms with van der Waals surface area (Å²) < 4.78 is 10.2. The quantitative estimate of drug-likeness (QED) is 0.457. The largest absolute Gasteiger partial charge is 0.465 e. The zero-order chi connectivity index (χ0) is 25.1. The van der Waals surface area contributed by atoms with Gasteiger partial charge in [0.2, 0.25) is 0 Å². The van der Waals surface area contributed by atoms with E-state index in [0.717, 1.165) is 24.0 Å². The first-order valence-electron chi connectivity index (χ1n) is 11.4. The lowest BCUT2D eigenvalue weighted by atomic mass is 9.61. The van der Waals surface area contributed by atoms with E-state index in [0.29, 0.717) is 22.3 Å². The molecule has 2 aromatic carbocycles. The Morgan fingerprint density at radius 1 is 0.941 bits per heavy atom. The summed E-state index contributed by atoms with van der Waals surface area (Å²) in [6, 6.07) is 10.2. The lowest BCUT2D eigenvalue weighted by Crippen LogP contribution is -2.37. The number of carbonyl (C=O) groups is 3. The fourth-order valence-corrected chi connectivity index (χ4v) is 4.53. The van der Waals surface area contributed by atoms with Crippen molar-refractivity contribution in [2.45, 2.75) is 57.9 Å². The highest BCUT2D eigenvalue weighted by atomic mass is 16.5. The number of amides is 1. The second-order valence-corrected chi connectivity index (χ2v) is 9.93. The molecule has 0 radical (unpaired) electrons. The standard InChI is InChI=1S/C28H33NO5/c1-7-16-34-25(31)19-10-8-18(9-11-19)24(30)29-17-20-12-13-21-23(22(20)26(32)33-6)28(4,5)15-14-27(21,2)3/h7-13H,1,14-17H2,2-6H3,(H,29,30). The molecule has 0 aliphatic heterocycles. The van der Waals surface area contributed by atoms with Crippen molar-refractivity contribution in [1.82, 2.24) is 5.32 Å². The molecule has 0 saturated heterocycles. The van der Waals surface area contributed by atoms with Gasteiger partial charge in [0.05, 0.1) is 18.2 Å². The first-order valence-corrected chi connectivity index (χ1v) is 11.4. The highest BCUT2D eigenvalue weighted by Gasteiger charge is 2.40. The van der Waals surface area contributed by atoms with Gasteiger partial charge in [0.15, 0.2) is 0 Å². The lowest BCUT2D eigenvalue weighted by molar-refractivity contribution is 0.0548. The van der Waals surface area contributed by atoms with Crippen LogP contribution in [0.1, 0.15) is 88.3 Å². The average molecular weight is 464 g/mol. The van der Waals surface area contributed by atoms with Crippen molar-refractivity contribution in [2.24, 2.45) is 0 Å². The van der Waals surface area contributed by atoms with Gasteiger partial charge in [0, 0.05) is 12.1 Å². The molecule has 1 aliphatic carbocycles. The molecule has 3 rings (SSSR count). The monoisotopic (exact) mass is 463 g/mol. The van der Waals surface area contributed by atoms with Crippen molar-refractivity contribution in [2.75, 3.05) is 13.7 Å². The fourth-order valence-electron chi connectivity index (χ4n) is 4.53.